The first-order valence-corrected chi connectivity index (χ1v) is 16.6. The van der Waals surface area contributed by atoms with E-state index < -0.39 is 11.8 Å². The number of anilines is 2. The Morgan fingerprint density at radius 2 is 1.64 bits per heavy atom. The van der Waals surface area contributed by atoms with Gasteiger partial charge >= 0.3 is 0 Å². The molecule has 0 radical (unpaired) electrons. The van der Waals surface area contributed by atoms with E-state index in [1.54, 1.807) is 30.3 Å². The van der Waals surface area contributed by atoms with Crippen molar-refractivity contribution in [2.24, 2.45) is 0 Å². The number of carbonyl (C=O) groups excluding carboxylic acids is 2. The minimum Gasteiger partial charge on any atom is -0.493 e. The molecule has 236 valence electrons. The highest BCUT2D eigenvalue weighted by Crippen LogP contribution is 2.36. The van der Waals surface area contributed by atoms with Crippen LogP contribution in [-0.2, 0) is 11.3 Å². The molecule has 0 unspecified atom stereocenters. The molecule has 0 spiro atoms. The summed E-state index contributed by atoms with van der Waals surface area (Å²) in [6.45, 7) is 8.95. The monoisotopic (exact) mass is 679 g/mol. The molecule has 5 rings (SSSR count). The number of morpholine rings is 1. The number of ether oxygens (including phenoxy) is 2. The Morgan fingerprint density at radius 1 is 0.909 bits per heavy atom. The molecule has 2 aliphatic rings. The SMILES string of the molecule is CN1CCN(Cc2csc(NC(=O)c3c(OCCCN4CCOCC4)cc(Cl)cc3C(=O)Nc3ccc(Cl)cc3)c2Cl)CC1. The van der Waals surface area contributed by atoms with Gasteiger partial charge < -0.3 is 25.0 Å². The number of amides is 2. The van der Waals surface area contributed by atoms with Crippen LogP contribution in [0.5, 0.6) is 5.75 Å². The lowest BCUT2D eigenvalue weighted by molar-refractivity contribution is 0.0357. The van der Waals surface area contributed by atoms with Crippen molar-refractivity contribution in [2.45, 2.75) is 13.0 Å². The lowest BCUT2D eigenvalue weighted by atomic mass is 10.0. The quantitative estimate of drug-likeness (QED) is 0.238. The van der Waals surface area contributed by atoms with Gasteiger partial charge in [0.2, 0.25) is 0 Å². The summed E-state index contributed by atoms with van der Waals surface area (Å²) in [5.41, 5.74) is 1.64. The predicted molar refractivity (Wildman–Crippen MR) is 178 cm³/mol. The molecule has 0 bridgehead atoms. The topological polar surface area (TPSA) is 86.4 Å². The maximum Gasteiger partial charge on any atom is 0.260 e. The van der Waals surface area contributed by atoms with Gasteiger partial charge in [-0.05, 0) is 60.8 Å². The first-order valence-electron chi connectivity index (χ1n) is 14.6. The van der Waals surface area contributed by atoms with Crippen LogP contribution in [0, 0.1) is 0 Å². The van der Waals surface area contributed by atoms with Crippen molar-refractivity contribution in [2.75, 3.05) is 83.3 Å². The number of thiophene rings is 1. The molecule has 2 aliphatic heterocycles. The standard InChI is InChI=1S/C31H36Cl3N5O4S/c1-37-8-10-39(11-9-37)19-21-20-44-31(28(21)34)36-30(41)27-25(29(40)35-24-5-3-22(32)4-6-24)17-23(33)18-26(27)43-14-2-7-38-12-15-42-16-13-38/h3-6,17-18,20H,2,7-16,19H2,1H3,(H,35,40)(H,36,41). The molecule has 2 fully saturated rings. The van der Waals surface area contributed by atoms with Crippen LogP contribution in [0.3, 0.4) is 0 Å². The van der Waals surface area contributed by atoms with E-state index in [1.807, 2.05) is 5.38 Å². The lowest BCUT2D eigenvalue weighted by Gasteiger charge is -2.32. The summed E-state index contributed by atoms with van der Waals surface area (Å²) in [5, 5.41) is 9.56. The van der Waals surface area contributed by atoms with Gasteiger partial charge in [-0.15, -0.1) is 11.3 Å². The van der Waals surface area contributed by atoms with E-state index in [2.05, 4.69) is 32.4 Å². The molecule has 1 aromatic heterocycles. The number of nitrogens with zero attached hydrogens (tertiary/aromatic N) is 3. The van der Waals surface area contributed by atoms with Gasteiger partial charge in [-0.2, -0.15) is 0 Å². The number of hydrogen-bond acceptors (Lipinski definition) is 8. The summed E-state index contributed by atoms with van der Waals surface area (Å²) in [6.07, 6.45) is 0.728. The summed E-state index contributed by atoms with van der Waals surface area (Å²) < 4.78 is 11.6. The van der Waals surface area contributed by atoms with Crippen LogP contribution in [0.1, 0.15) is 32.7 Å². The molecule has 0 atom stereocenters. The zero-order valence-electron chi connectivity index (χ0n) is 24.5. The van der Waals surface area contributed by atoms with E-state index in [4.69, 9.17) is 44.3 Å². The van der Waals surface area contributed by atoms with Gasteiger partial charge in [-0.3, -0.25) is 19.4 Å². The minimum atomic E-state index is -0.513. The van der Waals surface area contributed by atoms with Crippen molar-refractivity contribution in [1.82, 2.24) is 14.7 Å². The van der Waals surface area contributed by atoms with E-state index >= 15 is 0 Å². The lowest BCUT2D eigenvalue weighted by Crippen LogP contribution is -2.43. The number of carbonyl (C=O) groups is 2. The van der Waals surface area contributed by atoms with Gasteiger partial charge in [-0.25, -0.2) is 0 Å². The van der Waals surface area contributed by atoms with E-state index in [1.165, 1.54) is 17.4 Å². The number of nitrogens with one attached hydrogen (secondary N) is 2. The second-order valence-electron chi connectivity index (χ2n) is 10.9. The van der Waals surface area contributed by atoms with Crippen LogP contribution in [0.25, 0.3) is 0 Å². The Hall–Kier alpha value is -2.41. The maximum atomic E-state index is 13.9. The smallest absolute Gasteiger partial charge is 0.260 e. The number of rotatable bonds is 11. The van der Waals surface area contributed by atoms with Crippen LogP contribution < -0.4 is 15.4 Å². The van der Waals surface area contributed by atoms with Crippen molar-refractivity contribution < 1.29 is 19.1 Å². The molecular weight excluding hydrogens is 645 g/mol. The highest BCUT2D eigenvalue weighted by molar-refractivity contribution is 7.15. The van der Waals surface area contributed by atoms with E-state index in [0.29, 0.717) is 47.1 Å². The van der Waals surface area contributed by atoms with Gasteiger partial charge in [0.25, 0.3) is 11.8 Å². The molecular formula is C31H36Cl3N5O4S. The Morgan fingerprint density at radius 3 is 2.36 bits per heavy atom. The molecule has 44 heavy (non-hydrogen) atoms. The number of hydrogen-bond donors (Lipinski definition) is 2. The summed E-state index contributed by atoms with van der Waals surface area (Å²) in [7, 11) is 2.12. The third-order valence-electron chi connectivity index (χ3n) is 7.64. The van der Waals surface area contributed by atoms with Gasteiger partial charge in [0.15, 0.2) is 0 Å². The molecule has 0 aliphatic carbocycles. The average Bonchev–Trinajstić information content (AvgIpc) is 3.35. The largest absolute Gasteiger partial charge is 0.493 e. The molecule has 13 heteroatoms. The van der Waals surface area contributed by atoms with Crippen molar-refractivity contribution in [1.29, 1.82) is 0 Å². The fourth-order valence-electron chi connectivity index (χ4n) is 5.12. The summed E-state index contributed by atoms with van der Waals surface area (Å²) >= 11 is 20.6. The minimum absolute atomic E-state index is 0.0809. The van der Waals surface area contributed by atoms with Gasteiger partial charge in [0, 0.05) is 68.1 Å². The molecule has 2 aromatic carbocycles. The van der Waals surface area contributed by atoms with Gasteiger partial charge in [0.1, 0.15) is 10.8 Å². The normalized spacial score (nSPS) is 16.5. The first-order chi connectivity index (χ1) is 21.3. The number of halogens is 3. The zero-order chi connectivity index (χ0) is 31.1. The predicted octanol–water partition coefficient (Wildman–Crippen LogP) is 6.06. The molecule has 0 saturated carbocycles. The second kappa shape index (κ2) is 15.7. The fraction of sp³-hybridized carbons (Fsp3) is 0.419. The van der Waals surface area contributed by atoms with E-state index in [9.17, 15) is 9.59 Å². The third-order valence-corrected chi connectivity index (χ3v) is 9.60. The Labute approximate surface area is 276 Å². The summed E-state index contributed by atoms with van der Waals surface area (Å²) in [4.78, 5) is 34.4. The molecule has 2 amide bonds. The van der Waals surface area contributed by atoms with Crippen LogP contribution >= 0.6 is 46.1 Å². The Bertz CT molecular complexity index is 1440. The average molecular weight is 681 g/mol. The zero-order valence-corrected chi connectivity index (χ0v) is 27.6. The van der Waals surface area contributed by atoms with E-state index in [0.717, 1.165) is 57.8 Å². The number of likely N-dealkylation sites (N-methyl/N-ethyl adjacent to an activating group) is 1. The third kappa shape index (κ3) is 8.86. The Kier molecular flexibility index (Phi) is 11.8. The summed E-state index contributed by atoms with van der Waals surface area (Å²) in [5.74, 6) is -0.796. The fourth-order valence-corrected chi connectivity index (χ4v) is 6.65. The van der Waals surface area contributed by atoms with Gasteiger partial charge in [-0.1, -0.05) is 34.8 Å². The highest BCUT2D eigenvalue weighted by Gasteiger charge is 2.26. The molecule has 2 N–H and O–H groups in total. The van der Waals surface area contributed by atoms with Gasteiger partial charge in [0.05, 0.1) is 36.0 Å². The van der Waals surface area contributed by atoms with Crippen LogP contribution in [0.2, 0.25) is 15.1 Å². The highest BCUT2D eigenvalue weighted by atomic mass is 35.5. The van der Waals surface area contributed by atoms with Crippen molar-refractivity contribution in [3.05, 3.63) is 73.5 Å². The molecule has 2 saturated heterocycles. The van der Waals surface area contributed by atoms with Crippen molar-refractivity contribution >= 4 is 68.6 Å². The van der Waals surface area contributed by atoms with Crippen LogP contribution in [-0.4, -0.2) is 99.2 Å². The molecule has 3 heterocycles. The second-order valence-corrected chi connectivity index (χ2v) is 13.0. The van der Waals surface area contributed by atoms with E-state index in [-0.39, 0.29) is 21.9 Å². The molecule has 9 nitrogen and oxygen atoms in total. The van der Waals surface area contributed by atoms with Crippen molar-refractivity contribution in [3.63, 3.8) is 0 Å². The Balaban J connectivity index is 1.36. The molecule has 3 aromatic rings. The maximum absolute atomic E-state index is 13.9. The first kappa shape index (κ1) is 33.0. The summed E-state index contributed by atoms with van der Waals surface area (Å²) in [6, 6.07) is 9.74. The van der Waals surface area contributed by atoms with Crippen LogP contribution in [0.15, 0.2) is 41.8 Å². The van der Waals surface area contributed by atoms with Crippen LogP contribution in [0.4, 0.5) is 10.7 Å². The number of benzene rings is 2. The van der Waals surface area contributed by atoms with Crippen molar-refractivity contribution in [3.8, 4) is 5.75 Å². The number of piperazine rings is 1.